The van der Waals surface area contributed by atoms with Gasteiger partial charge in [-0.05, 0) is 38.5 Å². The number of fused-ring (bicyclic) bond motifs is 1. The Kier molecular flexibility index (Phi) is 3.34. The highest BCUT2D eigenvalue weighted by Gasteiger charge is 2.58. The molecular formula is C13H22N2O4S. The molecule has 0 spiro atoms. The molecule has 1 unspecified atom stereocenters. The Morgan fingerprint density at radius 2 is 2.05 bits per heavy atom. The van der Waals surface area contributed by atoms with Gasteiger partial charge in [0.25, 0.3) is 10.2 Å². The van der Waals surface area contributed by atoms with Gasteiger partial charge in [0.2, 0.25) is 0 Å². The van der Waals surface area contributed by atoms with Gasteiger partial charge in [0.15, 0.2) is 0 Å². The second kappa shape index (κ2) is 4.68. The Labute approximate surface area is 119 Å². The monoisotopic (exact) mass is 302 g/mol. The molecule has 6 nitrogen and oxygen atoms in total. The first-order valence-corrected chi connectivity index (χ1v) is 8.78. The maximum Gasteiger partial charge on any atom is 0.311 e. The molecule has 3 fully saturated rings. The zero-order chi connectivity index (χ0) is 14.5. The van der Waals surface area contributed by atoms with E-state index in [0.717, 1.165) is 25.7 Å². The fourth-order valence-electron chi connectivity index (χ4n) is 4.17. The quantitative estimate of drug-likeness (QED) is 0.840. The van der Waals surface area contributed by atoms with E-state index < -0.39 is 21.6 Å². The van der Waals surface area contributed by atoms with Crippen molar-refractivity contribution in [2.75, 3.05) is 19.6 Å². The van der Waals surface area contributed by atoms with Crippen LogP contribution in [0.4, 0.5) is 0 Å². The standard InChI is InChI=1S/C13H22N2O4S/c1-10-4-3-7-15(10)20(18,19)14-8-11-5-2-6-13(11,9-14)12(16)17/h10-11H,2-9H2,1H3,(H,16,17)/t10?,11-,13+/m0/s1. The van der Waals surface area contributed by atoms with Crippen LogP contribution in [0.3, 0.4) is 0 Å². The summed E-state index contributed by atoms with van der Waals surface area (Å²) < 4.78 is 28.4. The molecule has 3 aliphatic rings. The van der Waals surface area contributed by atoms with Crippen molar-refractivity contribution in [3.05, 3.63) is 0 Å². The highest BCUT2D eigenvalue weighted by Crippen LogP contribution is 2.50. The fourth-order valence-corrected chi connectivity index (χ4v) is 6.15. The minimum atomic E-state index is -3.50. The number of nitrogens with zero attached hydrogens (tertiary/aromatic N) is 2. The lowest BCUT2D eigenvalue weighted by molar-refractivity contribution is -0.149. The molecule has 0 aromatic carbocycles. The Balaban J connectivity index is 1.85. The molecule has 0 aromatic rings. The average Bonchev–Trinajstić information content (AvgIpc) is 3.00. The van der Waals surface area contributed by atoms with Crippen molar-refractivity contribution >= 4 is 16.2 Å². The van der Waals surface area contributed by atoms with Crippen molar-refractivity contribution in [1.82, 2.24) is 8.61 Å². The van der Waals surface area contributed by atoms with E-state index in [9.17, 15) is 18.3 Å². The van der Waals surface area contributed by atoms with Crippen LogP contribution in [0.15, 0.2) is 0 Å². The summed E-state index contributed by atoms with van der Waals surface area (Å²) in [7, 11) is -3.50. The van der Waals surface area contributed by atoms with Crippen LogP contribution in [0, 0.1) is 11.3 Å². The van der Waals surface area contributed by atoms with Gasteiger partial charge in [-0.1, -0.05) is 6.42 Å². The van der Waals surface area contributed by atoms with Crippen LogP contribution in [-0.2, 0) is 15.0 Å². The van der Waals surface area contributed by atoms with E-state index in [0.29, 0.717) is 19.5 Å². The van der Waals surface area contributed by atoms with Crippen LogP contribution in [0.5, 0.6) is 0 Å². The highest BCUT2D eigenvalue weighted by atomic mass is 32.2. The van der Waals surface area contributed by atoms with E-state index >= 15 is 0 Å². The van der Waals surface area contributed by atoms with Gasteiger partial charge in [-0.3, -0.25) is 4.79 Å². The average molecular weight is 302 g/mol. The number of carbonyl (C=O) groups is 1. The molecular weight excluding hydrogens is 280 g/mol. The second-order valence-corrected chi connectivity index (χ2v) is 8.33. The van der Waals surface area contributed by atoms with Crippen LogP contribution < -0.4 is 0 Å². The zero-order valence-electron chi connectivity index (χ0n) is 11.8. The third-order valence-corrected chi connectivity index (χ3v) is 7.45. The summed E-state index contributed by atoms with van der Waals surface area (Å²) in [6.07, 6.45) is 4.11. The first-order valence-electron chi connectivity index (χ1n) is 7.38. The molecule has 3 rings (SSSR count). The number of rotatable bonds is 3. The van der Waals surface area contributed by atoms with Crippen molar-refractivity contribution < 1.29 is 18.3 Å². The summed E-state index contributed by atoms with van der Waals surface area (Å²) >= 11 is 0. The molecule has 20 heavy (non-hydrogen) atoms. The summed E-state index contributed by atoms with van der Waals surface area (Å²) in [5.41, 5.74) is -0.837. The van der Waals surface area contributed by atoms with Crippen molar-refractivity contribution in [3.8, 4) is 0 Å². The summed E-state index contributed by atoms with van der Waals surface area (Å²) in [6, 6.07) is 0.0289. The molecule has 7 heteroatoms. The predicted molar refractivity (Wildman–Crippen MR) is 73.3 cm³/mol. The molecule has 0 radical (unpaired) electrons. The van der Waals surface area contributed by atoms with Crippen LogP contribution in [0.1, 0.15) is 39.0 Å². The predicted octanol–water partition coefficient (Wildman–Crippen LogP) is 0.902. The molecule has 1 saturated carbocycles. The van der Waals surface area contributed by atoms with E-state index in [1.54, 1.807) is 4.31 Å². The van der Waals surface area contributed by atoms with E-state index in [-0.39, 0.29) is 18.5 Å². The third-order valence-electron chi connectivity index (χ3n) is 5.38. The molecule has 2 heterocycles. The summed E-state index contributed by atoms with van der Waals surface area (Å²) in [4.78, 5) is 11.6. The highest BCUT2D eigenvalue weighted by molar-refractivity contribution is 7.86. The zero-order valence-corrected chi connectivity index (χ0v) is 12.6. The molecule has 0 amide bonds. The van der Waals surface area contributed by atoms with Crippen LogP contribution >= 0.6 is 0 Å². The minimum absolute atomic E-state index is 0.0207. The molecule has 114 valence electrons. The van der Waals surface area contributed by atoms with E-state index in [4.69, 9.17) is 0 Å². The van der Waals surface area contributed by atoms with Gasteiger partial charge in [-0.15, -0.1) is 0 Å². The van der Waals surface area contributed by atoms with Gasteiger partial charge >= 0.3 is 5.97 Å². The van der Waals surface area contributed by atoms with Gasteiger partial charge in [0.1, 0.15) is 0 Å². The van der Waals surface area contributed by atoms with E-state index in [1.807, 2.05) is 6.92 Å². The third kappa shape index (κ3) is 1.90. The Hall–Kier alpha value is -0.660. The smallest absolute Gasteiger partial charge is 0.311 e. The van der Waals surface area contributed by atoms with Gasteiger partial charge in [-0.2, -0.15) is 17.0 Å². The number of hydrogen-bond donors (Lipinski definition) is 1. The van der Waals surface area contributed by atoms with Crippen LogP contribution in [0.25, 0.3) is 0 Å². The van der Waals surface area contributed by atoms with Crippen molar-refractivity contribution in [1.29, 1.82) is 0 Å². The maximum atomic E-state index is 12.7. The lowest BCUT2D eigenvalue weighted by Crippen LogP contribution is -2.45. The molecule has 2 aliphatic heterocycles. The summed E-state index contributed by atoms with van der Waals surface area (Å²) in [6.45, 7) is 3.01. The van der Waals surface area contributed by atoms with Crippen LogP contribution in [0.2, 0.25) is 0 Å². The normalized spacial score (nSPS) is 39.2. The van der Waals surface area contributed by atoms with Gasteiger partial charge in [0, 0.05) is 25.7 Å². The van der Waals surface area contributed by atoms with Crippen molar-refractivity contribution in [2.24, 2.45) is 11.3 Å². The minimum Gasteiger partial charge on any atom is -0.481 e. The first-order chi connectivity index (χ1) is 9.38. The number of carboxylic acids is 1. The van der Waals surface area contributed by atoms with Gasteiger partial charge in [-0.25, -0.2) is 0 Å². The van der Waals surface area contributed by atoms with Crippen molar-refractivity contribution in [2.45, 2.75) is 45.1 Å². The van der Waals surface area contributed by atoms with Gasteiger partial charge in [0.05, 0.1) is 5.41 Å². The number of hydrogen-bond acceptors (Lipinski definition) is 3. The maximum absolute atomic E-state index is 12.7. The summed E-state index contributed by atoms with van der Waals surface area (Å²) in [5, 5.41) is 9.54. The number of carboxylic acid groups (broad SMARTS) is 1. The first kappa shape index (κ1) is 14.3. The molecule has 1 aliphatic carbocycles. The fraction of sp³-hybridized carbons (Fsp3) is 0.923. The Morgan fingerprint density at radius 3 is 2.60 bits per heavy atom. The van der Waals surface area contributed by atoms with Crippen LogP contribution in [-0.4, -0.2) is 53.8 Å². The van der Waals surface area contributed by atoms with E-state index in [2.05, 4.69) is 0 Å². The molecule has 0 bridgehead atoms. The second-order valence-electron chi connectivity index (χ2n) is 6.45. The lowest BCUT2D eigenvalue weighted by atomic mass is 9.81. The van der Waals surface area contributed by atoms with Gasteiger partial charge < -0.3 is 5.11 Å². The lowest BCUT2D eigenvalue weighted by Gasteiger charge is -2.28. The number of aliphatic carboxylic acids is 1. The van der Waals surface area contributed by atoms with E-state index in [1.165, 1.54) is 4.31 Å². The largest absolute Gasteiger partial charge is 0.481 e. The molecule has 0 aromatic heterocycles. The molecule has 2 saturated heterocycles. The molecule has 3 atom stereocenters. The van der Waals surface area contributed by atoms with Crippen molar-refractivity contribution in [3.63, 3.8) is 0 Å². The SMILES string of the molecule is CC1CCCN1S(=O)(=O)N1C[C@@H]2CCC[C@@]2(C(=O)O)C1. The Morgan fingerprint density at radius 1 is 1.30 bits per heavy atom. The topological polar surface area (TPSA) is 77.9 Å². The summed E-state index contributed by atoms with van der Waals surface area (Å²) in [5.74, 6) is -0.847. The molecule has 1 N–H and O–H groups in total. The Bertz CT molecular complexity index is 520.